The number of carboxylic acids is 4. The van der Waals surface area contributed by atoms with E-state index in [1.807, 2.05) is 0 Å². The lowest BCUT2D eigenvalue weighted by molar-refractivity contribution is -0.139. The molecule has 0 aromatic rings. The molecule has 2 aliphatic heterocycles. The number of nitrogens with two attached hydrogens (primary N) is 2. The first-order valence-electron chi connectivity index (χ1n) is 14.8. The summed E-state index contributed by atoms with van der Waals surface area (Å²) in [6, 6.07) is 0.226. The molecule has 0 spiro atoms. The number of nitrogens with zero attached hydrogens (tertiary/aromatic N) is 2. The minimum absolute atomic E-state index is 0.0719. The molecule has 0 radical (unpaired) electrons. The maximum absolute atomic E-state index is 11.1. The molecular weight excluding hydrogens is 520 g/mol. The van der Waals surface area contributed by atoms with Gasteiger partial charge in [-0.25, -0.2) is 0 Å². The lowest BCUT2D eigenvalue weighted by Crippen LogP contribution is -2.44. The van der Waals surface area contributed by atoms with Crippen LogP contribution < -0.4 is 11.5 Å². The van der Waals surface area contributed by atoms with E-state index in [2.05, 4.69) is 9.80 Å². The van der Waals surface area contributed by atoms with Crippen LogP contribution in [-0.4, -0.2) is 105 Å². The number of carbonyl (C=O) groups is 4. The third-order valence-electron chi connectivity index (χ3n) is 8.13. The second-order valence-corrected chi connectivity index (χ2v) is 11.2. The standard InChI is InChI=1S/C25H42N2O8.C3H10N2/c28-22(29)6-4-20-16-18(8-12-26(20)14-10-24(32)33)2-1-3-19-9-13-27(15-11-25(34)35)21(17-19)5-7-23(30)31;4-2-1-3-5/h18-21H,1-17H2,(H,28,29)(H,30,31)(H,32,33)(H,34,35);1-5H2. The zero-order chi connectivity index (χ0) is 29.9. The molecule has 2 saturated heterocycles. The Kier molecular flexibility index (Phi) is 18.4. The highest BCUT2D eigenvalue weighted by molar-refractivity contribution is 5.67. The molecule has 4 atom stereocenters. The van der Waals surface area contributed by atoms with E-state index in [0.29, 0.717) is 37.8 Å². The summed E-state index contributed by atoms with van der Waals surface area (Å²) >= 11 is 0. The fourth-order valence-electron chi connectivity index (χ4n) is 5.95. The Morgan fingerprint density at radius 2 is 0.950 bits per heavy atom. The van der Waals surface area contributed by atoms with Crippen molar-refractivity contribution in [3.63, 3.8) is 0 Å². The molecule has 232 valence electrons. The molecule has 2 aliphatic rings. The molecule has 12 heteroatoms. The molecule has 0 saturated carbocycles. The lowest BCUT2D eigenvalue weighted by atomic mass is 9.81. The summed E-state index contributed by atoms with van der Waals surface area (Å²) in [7, 11) is 0. The Balaban J connectivity index is 0.00000146. The van der Waals surface area contributed by atoms with E-state index in [9.17, 15) is 19.2 Å². The largest absolute Gasteiger partial charge is 0.481 e. The van der Waals surface area contributed by atoms with Crippen LogP contribution in [0.15, 0.2) is 0 Å². The van der Waals surface area contributed by atoms with Gasteiger partial charge < -0.3 is 31.9 Å². The summed E-state index contributed by atoms with van der Waals surface area (Å²) < 4.78 is 0. The molecule has 2 rings (SSSR count). The van der Waals surface area contributed by atoms with Crippen molar-refractivity contribution in [2.24, 2.45) is 23.3 Å². The Hall–Kier alpha value is -2.28. The molecule has 0 bridgehead atoms. The summed E-state index contributed by atoms with van der Waals surface area (Å²) in [5, 5.41) is 36.2. The summed E-state index contributed by atoms with van der Waals surface area (Å²) in [6.07, 6.45) is 9.38. The van der Waals surface area contributed by atoms with E-state index in [-0.39, 0.29) is 37.8 Å². The number of aliphatic carboxylic acids is 4. The van der Waals surface area contributed by atoms with Crippen molar-refractivity contribution >= 4 is 23.9 Å². The van der Waals surface area contributed by atoms with E-state index in [4.69, 9.17) is 31.9 Å². The summed E-state index contributed by atoms with van der Waals surface area (Å²) in [5.74, 6) is -2.30. The Bertz CT molecular complexity index is 709. The highest BCUT2D eigenvalue weighted by Gasteiger charge is 2.31. The van der Waals surface area contributed by atoms with Gasteiger partial charge in [0.1, 0.15) is 0 Å². The minimum atomic E-state index is -0.834. The van der Waals surface area contributed by atoms with E-state index in [1.54, 1.807) is 0 Å². The van der Waals surface area contributed by atoms with Crippen molar-refractivity contribution in [1.82, 2.24) is 9.80 Å². The second-order valence-electron chi connectivity index (χ2n) is 11.2. The van der Waals surface area contributed by atoms with Crippen LogP contribution in [0.5, 0.6) is 0 Å². The molecule has 0 aromatic carbocycles. The second kappa shape index (κ2) is 20.6. The molecule has 0 aromatic heterocycles. The van der Waals surface area contributed by atoms with Gasteiger partial charge in [-0.3, -0.25) is 29.0 Å². The average Bonchev–Trinajstić information content (AvgIpc) is 2.90. The molecule has 0 amide bonds. The maximum atomic E-state index is 11.1. The predicted octanol–water partition coefficient (Wildman–Crippen LogP) is 2.29. The van der Waals surface area contributed by atoms with Gasteiger partial charge >= 0.3 is 23.9 Å². The first kappa shape index (κ1) is 35.7. The number of likely N-dealkylation sites (tertiary alicyclic amines) is 2. The third kappa shape index (κ3) is 16.1. The number of hydrogen-bond acceptors (Lipinski definition) is 8. The predicted molar refractivity (Wildman–Crippen MR) is 151 cm³/mol. The van der Waals surface area contributed by atoms with Gasteiger partial charge in [-0.05, 0) is 83.0 Å². The first-order valence-corrected chi connectivity index (χ1v) is 14.8. The van der Waals surface area contributed by atoms with Crippen molar-refractivity contribution in [3.8, 4) is 0 Å². The monoisotopic (exact) mass is 572 g/mol. The van der Waals surface area contributed by atoms with Crippen LogP contribution in [0.3, 0.4) is 0 Å². The zero-order valence-corrected chi connectivity index (χ0v) is 23.9. The number of hydrogen-bond donors (Lipinski definition) is 6. The minimum Gasteiger partial charge on any atom is -0.481 e. The number of piperidine rings is 2. The van der Waals surface area contributed by atoms with Crippen LogP contribution in [-0.2, 0) is 19.2 Å². The fraction of sp³-hybridized carbons (Fsp3) is 0.857. The Labute approximate surface area is 238 Å². The maximum Gasteiger partial charge on any atom is 0.304 e. The summed E-state index contributed by atoms with van der Waals surface area (Å²) in [4.78, 5) is 48.4. The van der Waals surface area contributed by atoms with Gasteiger partial charge in [0, 0.05) is 38.0 Å². The van der Waals surface area contributed by atoms with Gasteiger partial charge in [0.25, 0.3) is 0 Å². The molecule has 2 fully saturated rings. The topological polar surface area (TPSA) is 208 Å². The van der Waals surface area contributed by atoms with E-state index < -0.39 is 23.9 Å². The molecule has 0 aliphatic carbocycles. The van der Waals surface area contributed by atoms with Crippen molar-refractivity contribution in [1.29, 1.82) is 0 Å². The normalized spacial score (nSPS) is 23.6. The van der Waals surface area contributed by atoms with Gasteiger partial charge in [0.15, 0.2) is 0 Å². The zero-order valence-electron chi connectivity index (χ0n) is 23.9. The molecule has 2 heterocycles. The SMILES string of the molecule is NCCCN.O=C(O)CCC1CC(CCCC2CCN(CCC(=O)O)C(CCC(=O)O)C2)CCN1CCC(=O)O. The summed E-state index contributed by atoms with van der Waals surface area (Å²) in [5.41, 5.74) is 10.1. The number of rotatable bonds is 18. The van der Waals surface area contributed by atoms with Crippen LogP contribution in [0.2, 0.25) is 0 Å². The molecule has 12 nitrogen and oxygen atoms in total. The van der Waals surface area contributed by atoms with Gasteiger partial charge in [-0.1, -0.05) is 19.3 Å². The van der Waals surface area contributed by atoms with Crippen molar-refractivity contribution in [3.05, 3.63) is 0 Å². The van der Waals surface area contributed by atoms with Gasteiger partial charge in [-0.2, -0.15) is 0 Å². The van der Waals surface area contributed by atoms with E-state index in [0.717, 1.165) is 77.5 Å². The van der Waals surface area contributed by atoms with Gasteiger partial charge in [0.2, 0.25) is 0 Å². The van der Waals surface area contributed by atoms with Crippen LogP contribution in [0.25, 0.3) is 0 Å². The molecule has 4 unspecified atom stereocenters. The van der Waals surface area contributed by atoms with Crippen LogP contribution in [0.4, 0.5) is 0 Å². The Morgan fingerprint density at radius 3 is 1.25 bits per heavy atom. The van der Waals surface area contributed by atoms with Crippen molar-refractivity contribution < 1.29 is 39.6 Å². The van der Waals surface area contributed by atoms with Crippen molar-refractivity contribution in [2.75, 3.05) is 39.3 Å². The van der Waals surface area contributed by atoms with E-state index in [1.165, 1.54) is 0 Å². The third-order valence-corrected chi connectivity index (χ3v) is 8.13. The van der Waals surface area contributed by atoms with E-state index >= 15 is 0 Å². The van der Waals surface area contributed by atoms with Crippen LogP contribution in [0.1, 0.15) is 89.9 Å². The molecular formula is C28H52N4O8. The molecule has 40 heavy (non-hydrogen) atoms. The summed E-state index contributed by atoms with van der Waals surface area (Å²) in [6.45, 7) is 3.98. The molecule has 8 N–H and O–H groups in total. The van der Waals surface area contributed by atoms with Crippen LogP contribution >= 0.6 is 0 Å². The quantitative estimate of drug-likeness (QED) is 0.140. The van der Waals surface area contributed by atoms with Gasteiger partial charge in [0.05, 0.1) is 12.8 Å². The highest BCUT2D eigenvalue weighted by atomic mass is 16.4. The highest BCUT2D eigenvalue weighted by Crippen LogP contribution is 2.33. The lowest BCUT2D eigenvalue weighted by Gasteiger charge is -2.40. The van der Waals surface area contributed by atoms with Gasteiger partial charge in [-0.15, -0.1) is 0 Å². The van der Waals surface area contributed by atoms with Crippen molar-refractivity contribution in [2.45, 2.75) is 102 Å². The smallest absolute Gasteiger partial charge is 0.304 e. The Morgan fingerprint density at radius 1 is 0.575 bits per heavy atom. The number of carboxylic acid groups (broad SMARTS) is 4. The first-order chi connectivity index (χ1) is 19.0. The average molecular weight is 573 g/mol. The van der Waals surface area contributed by atoms with Crippen LogP contribution in [0, 0.1) is 11.8 Å². The fourth-order valence-corrected chi connectivity index (χ4v) is 5.95.